The SMILES string of the molecule is O=C(O)CCCCCCC1C(=O)NC(=O)N1CCS(=O)(=O)C1CCCCC1. The van der Waals surface area contributed by atoms with Crippen molar-refractivity contribution in [2.75, 3.05) is 12.3 Å². The second-order valence-corrected chi connectivity index (χ2v) is 9.88. The summed E-state index contributed by atoms with van der Waals surface area (Å²) < 4.78 is 25.1. The summed E-state index contributed by atoms with van der Waals surface area (Å²) >= 11 is 0. The molecule has 0 aromatic heterocycles. The second-order valence-electron chi connectivity index (χ2n) is 7.48. The standard InChI is InChI=1S/C18H30N2O6S/c21-16(22)11-7-2-1-6-10-15-17(23)19-18(24)20(15)12-13-27(25,26)14-8-4-3-5-9-14/h14-15H,1-13H2,(H,21,22)(H,19,23,24). The van der Waals surface area contributed by atoms with Crippen molar-refractivity contribution in [2.24, 2.45) is 0 Å². The van der Waals surface area contributed by atoms with E-state index in [1.54, 1.807) is 0 Å². The largest absolute Gasteiger partial charge is 0.481 e. The van der Waals surface area contributed by atoms with Crippen LogP contribution in [0.2, 0.25) is 0 Å². The first-order valence-electron chi connectivity index (χ1n) is 9.86. The van der Waals surface area contributed by atoms with Gasteiger partial charge in [-0.2, -0.15) is 0 Å². The fraction of sp³-hybridized carbons (Fsp3) is 0.833. The molecule has 1 aliphatic heterocycles. The van der Waals surface area contributed by atoms with E-state index in [0.717, 1.165) is 32.1 Å². The normalized spacial score (nSPS) is 21.5. The fourth-order valence-corrected chi connectivity index (χ4v) is 5.71. The molecule has 1 saturated carbocycles. The predicted molar refractivity (Wildman–Crippen MR) is 100 cm³/mol. The summed E-state index contributed by atoms with van der Waals surface area (Å²) in [5.41, 5.74) is 0. The summed E-state index contributed by atoms with van der Waals surface area (Å²) in [6, 6.07) is -1.15. The average Bonchev–Trinajstić information content (AvgIpc) is 2.89. The van der Waals surface area contributed by atoms with E-state index in [1.807, 2.05) is 0 Å². The van der Waals surface area contributed by atoms with Crippen molar-refractivity contribution in [3.05, 3.63) is 0 Å². The van der Waals surface area contributed by atoms with E-state index in [4.69, 9.17) is 5.11 Å². The maximum Gasteiger partial charge on any atom is 0.324 e. The van der Waals surface area contributed by atoms with Crippen LogP contribution >= 0.6 is 0 Å². The number of sulfone groups is 1. The molecule has 2 rings (SSSR count). The number of hydrogen-bond acceptors (Lipinski definition) is 5. The Morgan fingerprint density at radius 1 is 1.07 bits per heavy atom. The molecule has 1 unspecified atom stereocenters. The van der Waals surface area contributed by atoms with Gasteiger partial charge in [0.15, 0.2) is 9.84 Å². The second kappa shape index (κ2) is 10.1. The maximum absolute atomic E-state index is 12.5. The summed E-state index contributed by atoms with van der Waals surface area (Å²) in [6.07, 6.45) is 7.72. The predicted octanol–water partition coefficient (Wildman–Crippen LogP) is 2.08. The molecule has 0 bridgehead atoms. The van der Waals surface area contributed by atoms with Crippen LogP contribution in [0.15, 0.2) is 0 Å². The van der Waals surface area contributed by atoms with Gasteiger partial charge in [0.05, 0.1) is 11.0 Å². The van der Waals surface area contributed by atoms with Crippen LogP contribution in [0.1, 0.15) is 70.6 Å². The molecule has 2 aliphatic rings. The summed E-state index contributed by atoms with van der Waals surface area (Å²) in [5.74, 6) is -1.30. The number of unbranched alkanes of at least 4 members (excludes halogenated alkanes) is 3. The number of nitrogens with one attached hydrogen (secondary N) is 1. The van der Waals surface area contributed by atoms with Crippen LogP contribution < -0.4 is 5.32 Å². The third kappa shape index (κ3) is 6.48. The Hall–Kier alpha value is -1.64. The van der Waals surface area contributed by atoms with Crippen LogP contribution in [0.5, 0.6) is 0 Å². The number of nitrogens with zero attached hydrogens (tertiary/aromatic N) is 1. The van der Waals surface area contributed by atoms with Crippen molar-refractivity contribution >= 4 is 27.7 Å². The molecule has 0 spiro atoms. The number of carbonyl (C=O) groups is 3. The molecule has 27 heavy (non-hydrogen) atoms. The van der Waals surface area contributed by atoms with Gasteiger partial charge >= 0.3 is 12.0 Å². The Balaban J connectivity index is 1.81. The first-order chi connectivity index (χ1) is 12.8. The van der Waals surface area contributed by atoms with Gasteiger partial charge in [-0.25, -0.2) is 13.2 Å². The van der Waals surface area contributed by atoms with Gasteiger partial charge in [-0.15, -0.1) is 0 Å². The molecule has 1 heterocycles. The summed E-state index contributed by atoms with van der Waals surface area (Å²) in [4.78, 5) is 35.9. The molecule has 0 radical (unpaired) electrons. The zero-order valence-electron chi connectivity index (χ0n) is 15.7. The van der Waals surface area contributed by atoms with Crippen molar-refractivity contribution in [1.82, 2.24) is 10.2 Å². The monoisotopic (exact) mass is 402 g/mol. The lowest BCUT2D eigenvalue weighted by Crippen LogP contribution is -2.40. The molecule has 3 amide bonds. The number of hydrogen-bond donors (Lipinski definition) is 2. The van der Waals surface area contributed by atoms with E-state index in [-0.39, 0.29) is 29.9 Å². The Kier molecular flexibility index (Phi) is 8.07. The molecule has 1 aliphatic carbocycles. The molecule has 0 aromatic carbocycles. The molecular weight excluding hydrogens is 372 g/mol. The van der Waals surface area contributed by atoms with Crippen LogP contribution in [0.4, 0.5) is 4.79 Å². The van der Waals surface area contributed by atoms with Crippen LogP contribution in [0.3, 0.4) is 0 Å². The van der Waals surface area contributed by atoms with E-state index in [1.165, 1.54) is 4.90 Å². The van der Waals surface area contributed by atoms with E-state index in [9.17, 15) is 22.8 Å². The molecule has 2 N–H and O–H groups in total. The minimum absolute atomic E-state index is 0.0418. The van der Waals surface area contributed by atoms with Gasteiger partial charge in [0.1, 0.15) is 6.04 Å². The average molecular weight is 403 g/mol. The molecule has 9 heteroatoms. The van der Waals surface area contributed by atoms with Gasteiger partial charge < -0.3 is 10.0 Å². The van der Waals surface area contributed by atoms with Crippen molar-refractivity contribution < 1.29 is 27.9 Å². The Morgan fingerprint density at radius 3 is 2.41 bits per heavy atom. The number of carboxylic acid groups (broad SMARTS) is 1. The van der Waals surface area contributed by atoms with Gasteiger partial charge in [0.2, 0.25) is 0 Å². The minimum Gasteiger partial charge on any atom is -0.481 e. The van der Waals surface area contributed by atoms with Crippen LogP contribution in [-0.4, -0.2) is 59.9 Å². The highest BCUT2D eigenvalue weighted by Crippen LogP contribution is 2.25. The molecule has 154 valence electrons. The number of imide groups is 1. The highest BCUT2D eigenvalue weighted by atomic mass is 32.2. The van der Waals surface area contributed by atoms with Crippen molar-refractivity contribution in [3.63, 3.8) is 0 Å². The summed E-state index contributed by atoms with van der Waals surface area (Å²) in [5, 5.41) is 10.6. The topological polar surface area (TPSA) is 121 Å². The van der Waals surface area contributed by atoms with Gasteiger partial charge in [-0.1, -0.05) is 38.5 Å². The van der Waals surface area contributed by atoms with Crippen molar-refractivity contribution in [2.45, 2.75) is 81.9 Å². The number of rotatable bonds is 11. The van der Waals surface area contributed by atoms with Gasteiger partial charge in [-0.3, -0.25) is 14.9 Å². The first-order valence-corrected chi connectivity index (χ1v) is 11.6. The molecule has 2 fully saturated rings. The number of amides is 3. The number of carboxylic acids is 1. The molecular formula is C18H30N2O6S. The van der Waals surface area contributed by atoms with Gasteiger partial charge in [-0.05, 0) is 25.7 Å². The zero-order valence-corrected chi connectivity index (χ0v) is 16.5. The quantitative estimate of drug-likeness (QED) is 0.403. The lowest BCUT2D eigenvalue weighted by molar-refractivity contribution is -0.137. The molecule has 8 nitrogen and oxygen atoms in total. The number of urea groups is 1. The van der Waals surface area contributed by atoms with Gasteiger partial charge in [0.25, 0.3) is 5.91 Å². The Morgan fingerprint density at radius 2 is 1.74 bits per heavy atom. The van der Waals surface area contributed by atoms with Crippen molar-refractivity contribution in [3.8, 4) is 0 Å². The summed E-state index contributed by atoms with van der Waals surface area (Å²) in [7, 11) is -3.26. The third-order valence-electron chi connectivity index (χ3n) is 5.46. The summed E-state index contributed by atoms with van der Waals surface area (Å²) in [6.45, 7) is 0.0418. The molecule has 0 aromatic rings. The van der Waals surface area contributed by atoms with E-state index >= 15 is 0 Å². The van der Waals surface area contributed by atoms with Crippen LogP contribution in [0.25, 0.3) is 0 Å². The third-order valence-corrected chi connectivity index (χ3v) is 7.70. The fourth-order valence-electron chi connectivity index (χ4n) is 3.87. The zero-order chi connectivity index (χ0) is 19.9. The maximum atomic E-state index is 12.5. The van der Waals surface area contributed by atoms with Crippen LogP contribution in [0, 0.1) is 0 Å². The Labute approximate surface area is 160 Å². The highest BCUT2D eigenvalue weighted by molar-refractivity contribution is 7.92. The Bertz CT molecular complexity index is 642. The molecule has 1 atom stereocenters. The van der Waals surface area contributed by atoms with E-state index in [2.05, 4.69) is 5.32 Å². The number of aliphatic carboxylic acids is 1. The first kappa shape index (κ1) is 21.7. The minimum atomic E-state index is -3.26. The lowest BCUT2D eigenvalue weighted by atomic mass is 10.0. The highest BCUT2D eigenvalue weighted by Gasteiger charge is 2.38. The lowest BCUT2D eigenvalue weighted by Gasteiger charge is -2.25. The van der Waals surface area contributed by atoms with Gasteiger partial charge in [0, 0.05) is 13.0 Å². The smallest absolute Gasteiger partial charge is 0.324 e. The van der Waals surface area contributed by atoms with Crippen molar-refractivity contribution in [1.29, 1.82) is 0 Å². The van der Waals surface area contributed by atoms with E-state index < -0.39 is 27.9 Å². The van der Waals surface area contributed by atoms with E-state index in [0.29, 0.717) is 32.1 Å². The molecule has 1 saturated heterocycles. The van der Waals surface area contributed by atoms with Crippen LogP contribution in [-0.2, 0) is 19.4 Å². The number of carbonyl (C=O) groups excluding carboxylic acids is 2.